The molecule has 2 fully saturated rings. The van der Waals surface area contributed by atoms with E-state index in [9.17, 15) is 14.9 Å². The fraction of sp³-hybridized carbons (Fsp3) is 0.344. The molecule has 3 N–H and O–H groups in total. The molecule has 4 aromatic rings. The van der Waals surface area contributed by atoms with Crippen molar-refractivity contribution >= 4 is 22.9 Å². The van der Waals surface area contributed by atoms with Crippen molar-refractivity contribution in [3.8, 4) is 23.3 Å². The Morgan fingerprint density at radius 3 is 2.57 bits per heavy atom. The Labute approximate surface area is 254 Å². The van der Waals surface area contributed by atoms with Crippen LogP contribution in [-0.4, -0.2) is 67.3 Å². The van der Waals surface area contributed by atoms with Gasteiger partial charge in [-0.05, 0) is 69.2 Å². The summed E-state index contributed by atoms with van der Waals surface area (Å²) in [5, 5.41) is 13.3. The zero-order valence-electron chi connectivity index (χ0n) is 24.6. The smallest absolute Gasteiger partial charge is 0.335 e. The second-order valence-electron chi connectivity index (χ2n) is 11.6. The third kappa shape index (κ3) is 5.79. The summed E-state index contributed by atoms with van der Waals surface area (Å²) in [7, 11) is 0. The molecule has 2 saturated heterocycles. The van der Waals surface area contributed by atoms with Crippen LogP contribution in [0.5, 0.6) is 11.5 Å². The highest BCUT2D eigenvalue weighted by Crippen LogP contribution is 2.27. The van der Waals surface area contributed by atoms with E-state index in [1.807, 2.05) is 44.2 Å². The van der Waals surface area contributed by atoms with Crippen LogP contribution in [0.2, 0.25) is 0 Å². The number of nitriles is 1. The lowest BCUT2D eigenvalue weighted by Gasteiger charge is -2.35. The van der Waals surface area contributed by atoms with Crippen molar-refractivity contribution in [3.05, 3.63) is 83.1 Å². The van der Waals surface area contributed by atoms with Gasteiger partial charge in [-0.2, -0.15) is 5.26 Å². The van der Waals surface area contributed by atoms with Crippen molar-refractivity contribution in [2.45, 2.75) is 50.9 Å². The van der Waals surface area contributed by atoms with Gasteiger partial charge in [-0.1, -0.05) is 18.2 Å². The molecule has 1 atom stereocenters. The highest BCUT2D eigenvalue weighted by molar-refractivity contribution is 5.97. The first kappa shape index (κ1) is 29.1. The Hall–Kier alpha value is -4.99. The van der Waals surface area contributed by atoms with Crippen LogP contribution in [0.4, 0.5) is 5.82 Å². The number of amides is 1. The predicted octanol–water partition coefficient (Wildman–Crippen LogP) is 3.16. The van der Waals surface area contributed by atoms with Crippen LogP contribution in [0, 0.1) is 11.3 Å². The highest BCUT2D eigenvalue weighted by atomic mass is 16.5. The van der Waals surface area contributed by atoms with E-state index in [1.165, 1.54) is 15.5 Å². The van der Waals surface area contributed by atoms with Gasteiger partial charge in [-0.25, -0.2) is 14.8 Å². The number of benzene rings is 2. The number of hydrogen-bond donors (Lipinski definition) is 2. The molecule has 2 aromatic heterocycles. The maximum Gasteiger partial charge on any atom is 0.335 e. The monoisotopic (exact) mass is 594 g/mol. The maximum atomic E-state index is 14.0. The predicted molar refractivity (Wildman–Crippen MR) is 164 cm³/mol. The molecule has 4 heterocycles. The Balaban J connectivity index is 1.28. The van der Waals surface area contributed by atoms with E-state index in [-0.39, 0.29) is 41.6 Å². The molecule has 0 saturated carbocycles. The Kier molecular flexibility index (Phi) is 7.90. The molecule has 44 heavy (non-hydrogen) atoms. The van der Waals surface area contributed by atoms with Crippen molar-refractivity contribution in [3.63, 3.8) is 0 Å². The summed E-state index contributed by atoms with van der Waals surface area (Å²) in [6.07, 6.45) is 4.44. The fourth-order valence-corrected chi connectivity index (χ4v) is 5.84. The Morgan fingerprint density at radius 2 is 1.89 bits per heavy atom. The van der Waals surface area contributed by atoms with Gasteiger partial charge in [0.25, 0.3) is 5.91 Å². The third-order valence-electron chi connectivity index (χ3n) is 7.91. The topological polar surface area (TPSA) is 153 Å². The van der Waals surface area contributed by atoms with Crippen LogP contribution in [-0.2, 0) is 16.1 Å². The van der Waals surface area contributed by atoms with Gasteiger partial charge in [-0.15, -0.1) is 0 Å². The largest absolute Gasteiger partial charge is 0.457 e. The Morgan fingerprint density at radius 1 is 1.16 bits per heavy atom. The van der Waals surface area contributed by atoms with Crippen molar-refractivity contribution in [1.29, 1.82) is 5.26 Å². The van der Waals surface area contributed by atoms with Crippen molar-refractivity contribution < 1.29 is 14.3 Å². The van der Waals surface area contributed by atoms with Crippen molar-refractivity contribution in [2.24, 2.45) is 0 Å². The van der Waals surface area contributed by atoms with Gasteiger partial charge in [0, 0.05) is 18.6 Å². The number of para-hydroxylation sites is 1. The molecular weight excluding hydrogens is 560 g/mol. The lowest BCUT2D eigenvalue weighted by molar-refractivity contribution is -0.127. The summed E-state index contributed by atoms with van der Waals surface area (Å²) < 4.78 is 14.2. The number of anilines is 1. The molecular formula is C32H34N8O4. The lowest BCUT2D eigenvalue weighted by Crippen LogP contribution is -2.54. The number of carbonyl (C=O) groups is 1. The summed E-state index contributed by atoms with van der Waals surface area (Å²) >= 11 is 0. The number of nitrogens with zero attached hydrogens (tertiary/aromatic N) is 6. The number of nitrogen functional groups attached to an aromatic ring is 1. The first-order chi connectivity index (χ1) is 21.2. The zero-order chi connectivity index (χ0) is 30.8. The molecule has 0 radical (unpaired) electrons. The van der Waals surface area contributed by atoms with Gasteiger partial charge in [0.2, 0.25) is 0 Å². The number of hydrogen-bond acceptors (Lipinski definition) is 9. The molecule has 2 aromatic carbocycles. The number of fused-ring (bicyclic) bond motifs is 1. The van der Waals surface area contributed by atoms with E-state index in [0.717, 1.165) is 6.42 Å². The molecule has 0 bridgehead atoms. The van der Waals surface area contributed by atoms with Gasteiger partial charge < -0.3 is 25.4 Å². The van der Waals surface area contributed by atoms with Gasteiger partial charge in [0.05, 0.1) is 31.0 Å². The number of aromatic nitrogens is 4. The number of nitrogens with one attached hydrogen (secondary N) is 1. The Bertz CT molecular complexity index is 1800. The van der Waals surface area contributed by atoms with Gasteiger partial charge >= 0.3 is 5.69 Å². The molecule has 2 aliphatic heterocycles. The number of carbonyl (C=O) groups excluding carboxylic acids is 1. The van der Waals surface area contributed by atoms with Crippen LogP contribution in [0.3, 0.4) is 0 Å². The highest BCUT2D eigenvalue weighted by Gasteiger charge is 2.34. The van der Waals surface area contributed by atoms with E-state index in [2.05, 4.69) is 21.4 Å². The van der Waals surface area contributed by atoms with Crippen molar-refractivity contribution in [1.82, 2.24) is 29.3 Å². The first-order valence-electron chi connectivity index (χ1n) is 14.6. The van der Waals surface area contributed by atoms with E-state index < -0.39 is 5.54 Å². The van der Waals surface area contributed by atoms with Crippen LogP contribution in [0.1, 0.15) is 26.7 Å². The summed E-state index contributed by atoms with van der Waals surface area (Å²) in [5.74, 6) is 1.12. The van der Waals surface area contributed by atoms with E-state index in [0.29, 0.717) is 54.5 Å². The molecule has 12 nitrogen and oxygen atoms in total. The van der Waals surface area contributed by atoms with E-state index in [4.69, 9.17) is 15.2 Å². The number of rotatable bonds is 9. The maximum absolute atomic E-state index is 14.0. The first-order valence-corrected chi connectivity index (χ1v) is 14.6. The zero-order valence-corrected chi connectivity index (χ0v) is 24.6. The summed E-state index contributed by atoms with van der Waals surface area (Å²) in [6, 6.07) is 18.5. The van der Waals surface area contributed by atoms with Gasteiger partial charge in [-0.3, -0.25) is 13.9 Å². The molecule has 0 spiro atoms. The number of ether oxygens (including phenoxy) is 2. The average molecular weight is 595 g/mol. The van der Waals surface area contributed by atoms with E-state index >= 15 is 0 Å². The third-order valence-corrected chi connectivity index (χ3v) is 7.91. The second kappa shape index (κ2) is 11.9. The normalized spacial score (nSPS) is 17.4. The molecule has 2 aliphatic rings. The number of likely N-dealkylation sites (tertiary alicyclic amines) is 1. The minimum absolute atomic E-state index is 0.0637. The number of imidazole rings is 1. The molecule has 0 unspecified atom stereocenters. The number of nitrogens with two attached hydrogens (primary N) is 1. The summed E-state index contributed by atoms with van der Waals surface area (Å²) in [5.41, 5.74) is 6.74. The molecule has 226 valence electrons. The van der Waals surface area contributed by atoms with Crippen molar-refractivity contribution in [2.75, 3.05) is 25.5 Å². The van der Waals surface area contributed by atoms with Crippen LogP contribution in [0.25, 0.3) is 16.9 Å². The molecule has 1 amide bonds. The average Bonchev–Trinajstić information content (AvgIpc) is 3.58. The fourth-order valence-electron chi connectivity index (χ4n) is 5.84. The van der Waals surface area contributed by atoms with Crippen LogP contribution in [0.15, 0.2) is 77.4 Å². The van der Waals surface area contributed by atoms with Gasteiger partial charge in [0.1, 0.15) is 35.0 Å². The summed E-state index contributed by atoms with van der Waals surface area (Å²) in [4.78, 5) is 37.9. The van der Waals surface area contributed by atoms with Gasteiger partial charge in [0.15, 0.2) is 11.5 Å². The minimum atomic E-state index is -0.578. The second-order valence-corrected chi connectivity index (χ2v) is 11.6. The SMILES string of the molecule is CC(C)(/C=C(/C#N)C(=O)N1CCC[C@H]1Cn1c(=O)n(-c2ccc(Oc3ccccc3)cc2)c2c(N)ncnc21)NC1COC1. The standard InChI is InChI=1S/C32H34N8O4/c1-32(2,37-22-18-43-19-22)15-21(16-33)30(41)38-14-6-7-24(38)17-39-29-27(28(34)35-20-36-29)40(31(39)42)23-10-12-26(13-11-23)44-25-8-4-3-5-9-25/h3-5,8-13,15,20,22,24,37H,6-7,14,17-19H2,1-2H3,(H2,34,35,36)/b21-15-/t24-/m0/s1. The molecule has 0 aliphatic carbocycles. The molecule has 12 heteroatoms. The lowest BCUT2D eigenvalue weighted by atomic mass is 9.98. The quantitative estimate of drug-likeness (QED) is 0.220. The minimum Gasteiger partial charge on any atom is -0.457 e. The van der Waals surface area contributed by atoms with Crippen LogP contribution >= 0.6 is 0 Å². The van der Waals surface area contributed by atoms with Crippen LogP contribution < -0.4 is 21.5 Å². The molecule has 6 rings (SSSR count). The van der Waals surface area contributed by atoms with E-state index in [1.54, 1.807) is 35.2 Å². The summed E-state index contributed by atoms with van der Waals surface area (Å²) in [6.45, 7) is 5.74.